The van der Waals surface area contributed by atoms with Gasteiger partial charge in [0.15, 0.2) is 0 Å². The highest BCUT2D eigenvalue weighted by atomic mass is 35.5. The second kappa shape index (κ2) is 5.08. The predicted octanol–water partition coefficient (Wildman–Crippen LogP) is 0.856. The number of nitrogens with zero attached hydrogens (tertiary/aromatic N) is 3. The summed E-state index contributed by atoms with van der Waals surface area (Å²) >= 11 is 5.69. The SMILES string of the molecule is NC(N)=N/N=C/c1cc(Cl)ccc1[N+](=O)[O-]. The molecule has 0 aromatic heterocycles. The molecule has 0 saturated heterocycles. The van der Waals surface area contributed by atoms with Crippen LogP contribution >= 0.6 is 11.6 Å². The van der Waals surface area contributed by atoms with Gasteiger partial charge in [-0.05, 0) is 12.1 Å². The zero-order valence-electron chi connectivity index (χ0n) is 8.00. The Bertz CT molecular complexity index is 467. The maximum atomic E-state index is 10.6. The van der Waals surface area contributed by atoms with Gasteiger partial charge in [0.25, 0.3) is 5.69 Å². The lowest BCUT2D eigenvalue weighted by atomic mass is 10.2. The van der Waals surface area contributed by atoms with Gasteiger partial charge < -0.3 is 11.5 Å². The maximum absolute atomic E-state index is 10.6. The summed E-state index contributed by atoms with van der Waals surface area (Å²) in [7, 11) is 0. The molecule has 0 spiro atoms. The highest BCUT2D eigenvalue weighted by Gasteiger charge is 2.11. The summed E-state index contributed by atoms with van der Waals surface area (Å²) in [5.74, 6) is -0.235. The summed E-state index contributed by atoms with van der Waals surface area (Å²) in [6.07, 6.45) is 1.16. The fraction of sp³-hybridized carbons (Fsp3) is 0. The van der Waals surface area contributed by atoms with Crippen LogP contribution in [-0.4, -0.2) is 17.1 Å². The molecule has 0 saturated carbocycles. The van der Waals surface area contributed by atoms with Crippen LogP contribution < -0.4 is 11.5 Å². The van der Waals surface area contributed by atoms with Crippen molar-refractivity contribution in [3.63, 3.8) is 0 Å². The van der Waals surface area contributed by atoms with Crippen LogP contribution in [0.3, 0.4) is 0 Å². The van der Waals surface area contributed by atoms with Crippen molar-refractivity contribution in [1.29, 1.82) is 0 Å². The normalized spacial score (nSPS) is 10.3. The second-order valence-corrected chi connectivity index (χ2v) is 3.17. The van der Waals surface area contributed by atoms with E-state index in [4.69, 9.17) is 23.1 Å². The molecule has 0 aliphatic heterocycles. The Morgan fingerprint density at radius 1 is 1.50 bits per heavy atom. The number of nitro groups is 1. The van der Waals surface area contributed by atoms with Crippen LogP contribution in [-0.2, 0) is 0 Å². The quantitative estimate of drug-likeness (QED) is 0.353. The number of guanidine groups is 1. The van der Waals surface area contributed by atoms with Crippen molar-refractivity contribution in [2.75, 3.05) is 0 Å². The number of rotatable bonds is 3. The molecule has 1 aromatic rings. The molecule has 4 N–H and O–H groups in total. The number of benzene rings is 1. The first kappa shape index (κ1) is 11.9. The molecule has 16 heavy (non-hydrogen) atoms. The van der Waals surface area contributed by atoms with Crippen molar-refractivity contribution in [3.8, 4) is 0 Å². The van der Waals surface area contributed by atoms with Crippen molar-refractivity contribution < 1.29 is 4.92 Å². The van der Waals surface area contributed by atoms with Gasteiger partial charge in [-0.2, -0.15) is 5.10 Å². The molecular formula is C8H8ClN5O2. The van der Waals surface area contributed by atoms with Crippen LogP contribution in [0.4, 0.5) is 5.69 Å². The molecule has 0 atom stereocenters. The Morgan fingerprint density at radius 2 is 2.19 bits per heavy atom. The Labute approximate surface area is 95.6 Å². The van der Waals surface area contributed by atoms with Gasteiger partial charge in [-0.25, -0.2) is 0 Å². The number of nitro benzene ring substituents is 1. The molecule has 0 aliphatic carbocycles. The zero-order chi connectivity index (χ0) is 12.1. The summed E-state index contributed by atoms with van der Waals surface area (Å²) in [6.45, 7) is 0. The number of hydrogen-bond acceptors (Lipinski definition) is 4. The first-order chi connectivity index (χ1) is 7.50. The van der Waals surface area contributed by atoms with Crippen molar-refractivity contribution in [3.05, 3.63) is 38.9 Å². The van der Waals surface area contributed by atoms with E-state index in [-0.39, 0.29) is 17.2 Å². The van der Waals surface area contributed by atoms with E-state index in [2.05, 4.69) is 10.2 Å². The van der Waals surface area contributed by atoms with Gasteiger partial charge in [0.2, 0.25) is 5.96 Å². The molecule has 0 bridgehead atoms. The Kier molecular flexibility index (Phi) is 3.78. The van der Waals surface area contributed by atoms with E-state index >= 15 is 0 Å². The van der Waals surface area contributed by atoms with Gasteiger partial charge in [-0.1, -0.05) is 11.6 Å². The standard InChI is InChI=1S/C8H8ClN5O2/c9-6-1-2-7(14(15)16)5(3-6)4-12-13-8(10)11/h1-4H,(H4,10,11,13)/b12-4+. The second-order valence-electron chi connectivity index (χ2n) is 2.73. The smallest absolute Gasteiger partial charge is 0.278 e. The lowest BCUT2D eigenvalue weighted by molar-refractivity contribution is -0.385. The average molecular weight is 242 g/mol. The summed E-state index contributed by atoms with van der Waals surface area (Å²) in [5, 5.41) is 17.8. The molecular weight excluding hydrogens is 234 g/mol. The van der Waals surface area contributed by atoms with E-state index in [1.54, 1.807) is 0 Å². The zero-order valence-corrected chi connectivity index (χ0v) is 8.76. The number of halogens is 1. The van der Waals surface area contributed by atoms with Crippen LogP contribution in [0.5, 0.6) is 0 Å². The molecule has 0 aliphatic rings. The molecule has 0 unspecified atom stereocenters. The van der Waals surface area contributed by atoms with Gasteiger partial charge in [0, 0.05) is 11.1 Å². The van der Waals surface area contributed by atoms with Gasteiger partial charge in [-0.15, -0.1) is 5.10 Å². The van der Waals surface area contributed by atoms with E-state index in [1.807, 2.05) is 0 Å². The van der Waals surface area contributed by atoms with E-state index in [9.17, 15) is 10.1 Å². The van der Waals surface area contributed by atoms with Crippen LogP contribution in [0.25, 0.3) is 0 Å². The lowest BCUT2D eigenvalue weighted by Gasteiger charge is -1.96. The van der Waals surface area contributed by atoms with Crippen molar-refractivity contribution in [2.24, 2.45) is 21.7 Å². The average Bonchev–Trinajstić information content (AvgIpc) is 2.16. The maximum Gasteiger partial charge on any atom is 0.278 e. The molecule has 84 valence electrons. The summed E-state index contributed by atoms with van der Waals surface area (Å²) < 4.78 is 0. The number of hydrogen-bond donors (Lipinski definition) is 2. The molecule has 0 radical (unpaired) electrons. The number of nitrogens with two attached hydrogens (primary N) is 2. The summed E-state index contributed by atoms with van der Waals surface area (Å²) in [4.78, 5) is 10.1. The lowest BCUT2D eigenvalue weighted by Crippen LogP contribution is -2.21. The van der Waals surface area contributed by atoms with E-state index < -0.39 is 4.92 Å². The van der Waals surface area contributed by atoms with Crippen molar-refractivity contribution in [2.45, 2.75) is 0 Å². The molecule has 8 heteroatoms. The van der Waals surface area contributed by atoms with Gasteiger partial charge in [0.05, 0.1) is 16.7 Å². The van der Waals surface area contributed by atoms with Gasteiger partial charge >= 0.3 is 0 Å². The van der Waals surface area contributed by atoms with E-state index in [1.165, 1.54) is 18.2 Å². The van der Waals surface area contributed by atoms with Crippen LogP contribution in [0.2, 0.25) is 5.02 Å². The Morgan fingerprint density at radius 3 is 2.75 bits per heavy atom. The Hall–Kier alpha value is -2.15. The van der Waals surface area contributed by atoms with Gasteiger partial charge in [0.1, 0.15) is 0 Å². The summed E-state index contributed by atoms with van der Waals surface area (Å²) in [6, 6.07) is 4.09. The van der Waals surface area contributed by atoms with Crippen LogP contribution in [0, 0.1) is 10.1 Å². The van der Waals surface area contributed by atoms with E-state index in [0.29, 0.717) is 5.02 Å². The fourth-order valence-corrected chi connectivity index (χ4v) is 1.13. The molecule has 7 nitrogen and oxygen atoms in total. The minimum Gasteiger partial charge on any atom is -0.369 e. The minimum atomic E-state index is -0.548. The summed E-state index contributed by atoms with van der Waals surface area (Å²) in [5.41, 5.74) is 10.2. The predicted molar refractivity (Wildman–Crippen MR) is 61.5 cm³/mol. The largest absolute Gasteiger partial charge is 0.369 e. The molecule has 0 fully saturated rings. The van der Waals surface area contributed by atoms with Crippen LogP contribution in [0.1, 0.15) is 5.56 Å². The third-order valence-corrected chi connectivity index (χ3v) is 1.79. The highest BCUT2D eigenvalue weighted by molar-refractivity contribution is 6.31. The third-order valence-electron chi connectivity index (χ3n) is 1.56. The molecule has 0 amide bonds. The Balaban J connectivity index is 3.10. The van der Waals surface area contributed by atoms with Crippen LogP contribution in [0.15, 0.2) is 28.4 Å². The highest BCUT2D eigenvalue weighted by Crippen LogP contribution is 2.20. The topological polar surface area (TPSA) is 120 Å². The fourth-order valence-electron chi connectivity index (χ4n) is 0.953. The molecule has 1 rings (SSSR count). The molecule has 1 aromatic carbocycles. The third kappa shape index (κ3) is 3.21. The minimum absolute atomic E-state index is 0.126. The molecule has 0 heterocycles. The first-order valence-corrected chi connectivity index (χ1v) is 4.44. The van der Waals surface area contributed by atoms with Gasteiger partial charge in [-0.3, -0.25) is 10.1 Å². The first-order valence-electron chi connectivity index (χ1n) is 4.06. The van der Waals surface area contributed by atoms with Crippen molar-refractivity contribution >= 4 is 29.5 Å². The monoisotopic (exact) mass is 241 g/mol. The van der Waals surface area contributed by atoms with E-state index in [0.717, 1.165) is 6.21 Å². The van der Waals surface area contributed by atoms with Crippen molar-refractivity contribution in [1.82, 2.24) is 0 Å².